The van der Waals surface area contributed by atoms with Crippen molar-refractivity contribution in [1.29, 1.82) is 0 Å². The Morgan fingerprint density at radius 1 is 1.02 bits per heavy atom. The highest BCUT2D eigenvalue weighted by Gasteiger charge is 2.35. The predicted octanol–water partition coefficient (Wildman–Crippen LogP) is 6.61. The van der Waals surface area contributed by atoms with E-state index in [1.807, 2.05) is 19.1 Å². The number of carbonyl (C=O) groups is 2. The van der Waals surface area contributed by atoms with Gasteiger partial charge in [-0.15, -0.1) is 0 Å². The molecule has 5 rings (SSSR count). The van der Waals surface area contributed by atoms with Crippen LogP contribution in [0.5, 0.6) is 0 Å². The first kappa shape index (κ1) is 28.2. The second kappa shape index (κ2) is 11.7. The molecule has 3 heterocycles. The number of nitrogens with zero attached hydrogens (tertiary/aromatic N) is 4. The first-order valence-corrected chi connectivity index (χ1v) is 12.9. The maximum atomic E-state index is 13.5. The summed E-state index contributed by atoms with van der Waals surface area (Å²) in [5.74, 6) is -0.818. The molecule has 0 aliphatic carbocycles. The number of rotatable bonds is 7. The number of imidazole rings is 1. The SMILES string of the molecule is CCOC(=O)/C=C/c1cccc(C(=O)Nc2cc(-c3cn4nc(-c5cccnc5C(F)(F)F)ccc4n3)ccc2C)c1. The zero-order chi connectivity index (χ0) is 29.9. The van der Waals surface area contributed by atoms with E-state index in [2.05, 4.69) is 20.4 Å². The number of nitrogens with one attached hydrogen (secondary N) is 1. The van der Waals surface area contributed by atoms with Gasteiger partial charge in [-0.1, -0.05) is 24.3 Å². The number of amides is 1. The second-order valence-corrected chi connectivity index (χ2v) is 9.24. The number of hydrogen-bond donors (Lipinski definition) is 1. The van der Waals surface area contributed by atoms with Gasteiger partial charge >= 0.3 is 12.1 Å². The summed E-state index contributed by atoms with van der Waals surface area (Å²) in [4.78, 5) is 32.7. The molecular weight excluding hydrogens is 547 g/mol. The fourth-order valence-corrected chi connectivity index (χ4v) is 4.25. The predicted molar refractivity (Wildman–Crippen MR) is 151 cm³/mol. The summed E-state index contributed by atoms with van der Waals surface area (Å²) in [6.45, 7) is 3.83. The summed E-state index contributed by atoms with van der Waals surface area (Å²) < 4.78 is 46.8. The van der Waals surface area contributed by atoms with Gasteiger partial charge in [-0.3, -0.25) is 9.78 Å². The maximum Gasteiger partial charge on any atom is 0.434 e. The summed E-state index contributed by atoms with van der Waals surface area (Å²) >= 11 is 0. The Morgan fingerprint density at radius 2 is 1.86 bits per heavy atom. The molecule has 0 saturated carbocycles. The Kier molecular flexibility index (Phi) is 7.83. The van der Waals surface area contributed by atoms with Gasteiger partial charge in [0, 0.05) is 34.7 Å². The van der Waals surface area contributed by atoms with E-state index >= 15 is 0 Å². The van der Waals surface area contributed by atoms with Crippen molar-refractivity contribution in [3.8, 4) is 22.5 Å². The van der Waals surface area contributed by atoms with Crippen LogP contribution in [0.4, 0.5) is 18.9 Å². The number of carbonyl (C=O) groups excluding carboxylic acids is 2. The number of halogens is 3. The minimum atomic E-state index is -4.63. The maximum absolute atomic E-state index is 13.5. The lowest BCUT2D eigenvalue weighted by Gasteiger charge is -2.10. The molecule has 0 bridgehead atoms. The monoisotopic (exact) mass is 571 g/mol. The van der Waals surface area contributed by atoms with Crippen molar-refractivity contribution in [3.05, 3.63) is 108 Å². The summed E-state index contributed by atoms with van der Waals surface area (Å²) in [6, 6.07) is 18.0. The van der Waals surface area contributed by atoms with E-state index in [0.717, 1.165) is 11.8 Å². The molecule has 0 atom stereocenters. The lowest BCUT2D eigenvalue weighted by atomic mass is 10.1. The highest BCUT2D eigenvalue weighted by atomic mass is 19.4. The van der Waals surface area contributed by atoms with Gasteiger partial charge in [0.05, 0.1) is 24.2 Å². The molecular formula is C31H24F3N5O3. The largest absolute Gasteiger partial charge is 0.463 e. The number of benzene rings is 2. The van der Waals surface area contributed by atoms with Crippen molar-refractivity contribution in [3.63, 3.8) is 0 Å². The van der Waals surface area contributed by atoms with Crippen molar-refractivity contribution < 1.29 is 27.5 Å². The molecule has 0 spiro atoms. The molecule has 0 aliphatic heterocycles. The third kappa shape index (κ3) is 6.20. The van der Waals surface area contributed by atoms with Crippen LogP contribution in [-0.4, -0.2) is 38.1 Å². The van der Waals surface area contributed by atoms with Gasteiger partial charge in [0.25, 0.3) is 5.91 Å². The van der Waals surface area contributed by atoms with Gasteiger partial charge in [-0.25, -0.2) is 14.3 Å². The third-order valence-electron chi connectivity index (χ3n) is 6.30. The van der Waals surface area contributed by atoms with Gasteiger partial charge in [-0.2, -0.15) is 18.3 Å². The second-order valence-electron chi connectivity index (χ2n) is 9.24. The average Bonchev–Trinajstić information content (AvgIpc) is 3.41. The van der Waals surface area contributed by atoms with E-state index in [1.165, 1.54) is 28.8 Å². The standard InChI is InChI=1S/C31H24F3N5O3/c1-3-42-28(40)14-10-20-6-4-7-22(16-20)30(41)37-25-17-21(11-9-19(25)2)26-18-39-27(36-26)13-12-24(38-39)23-8-5-15-35-29(23)31(32,33)34/h4-18H,3H2,1-2H3,(H,37,41)/b14-10+. The van der Waals surface area contributed by atoms with E-state index in [4.69, 9.17) is 4.74 Å². The van der Waals surface area contributed by atoms with Gasteiger partial charge in [0.15, 0.2) is 11.3 Å². The van der Waals surface area contributed by atoms with Crippen LogP contribution in [-0.2, 0) is 15.7 Å². The molecule has 0 fully saturated rings. The number of fused-ring (bicyclic) bond motifs is 1. The molecule has 5 aromatic rings. The summed E-state index contributed by atoms with van der Waals surface area (Å²) in [6.07, 6.45) is 0.942. The Morgan fingerprint density at radius 3 is 2.64 bits per heavy atom. The zero-order valence-corrected chi connectivity index (χ0v) is 22.5. The van der Waals surface area contributed by atoms with Crippen molar-refractivity contribution in [2.24, 2.45) is 0 Å². The highest BCUT2D eigenvalue weighted by Crippen LogP contribution is 2.35. The molecule has 0 aliphatic rings. The summed E-state index contributed by atoms with van der Waals surface area (Å²) in [5.41, 5.74) is 2.99. The lowest BCUT2D eigenvalue weighted by molar-refractivity contribution is -0.140. The number of aromatic nitrogens is 4. The first-order chi connectivity index (χ1) is 20.1. The van der Waals surface area contributed by atoms with Gasteiger partial charge in [0.1, 0.15) is 0 Å². The third-order valence-corrected chi connectivity index (χ3v) is 6.30. The fraction of sp³-hybridized carbons (Fsp3) is 0.129. The Balaban J connectivity index is 1.40. The van der Waals surface area contributed by atoms with Crippen LogP contribution in [0, 0.1) is 6.92 Å². The molecule has 8 nitrogen and oxygen atoms in total. The van der Waals surface area contributed by atoms with E-state index in [1.54, 1.807) is 55.6 Å². The van der Waals surface area contributed by atoms with Crippen LogP contribution < -0.4 is 5.32 Å². The lowest BCUT2D eigenvalue weighted by Crippen LogP contribution is -2.13. The quantitative estimate of drug-likeness (QED) is 0.174. The Hall–Kier alpha value is -5.32. The Bertz CT molecular complexity index is 1830. The number of pyridine rings is 1. The molecule has 1 amide bonds. The molecule has 0 radical (unpaired) electrons. The number of alkyl halides is 3. The minimum Gasteiger partial charge on any atom is -0.463 e. The van der Waals surface area contributed by atoms with Gasteiger partial charge in [-0.05, 0) is 73.5 Å². The molecule has 0 saturated heterocycles. The molecule has 2 aromatic carbocycles. The van der Waals surface area contributed by atoms with Crippen molar-refractivity contribution in [2.75, 3.05) is 11.9 Å². The first-order valence-electron chi connectivity index (χ1n) is 12.9. The van der Waals surface area contributed by atoms with Crippen molar-refractivity contribution >= 4 is 29.3 Å². The summed E-state index contributed by atoms with van der Waals surface area (Å²) in [7, 11) is 0. The number of hydrogen-bond acceptors (Lipinski definition) is 6. The molecule has 1 N–H and O–H groups in total. The van der Waals surface area contributed by atoms with E-state index in [-0.39, 0.29) is 23.8 Å². The summed E-state index contributed by atoms with van der Waals surface area (Å²) in [5, 5.41) is 7.26. The van der Waals surface area contributed by atoms with Crippen LogP contribution in [0.2, 0.25) is 0 Å². The molecule has 212 valence electrons. The van der Waals surface area contributed by atoms with E-state index in [0.29, 0.717) is 33.7 Å². The van der Waals surface area contributed by atoms with Crippen LogP contribution in [0.3, 0.4) is 0 Å². The highest BCUT2D eigenvalue weighted by molar-refractivity contribution is 6.05. The van der Waals surface area contributed by atoms with Gasteiger partial charge in [0.2, 0.25) is 0 Å². The van der Waals surface area contributed by atoms with E-state index in [9.17, 15) is 22.8 Å². The zero-order valence-electron chi connectivity index (χ0n) is 22.5. The van der Waals surface area contributed by atoms with Gasteiger partial charge < -0.3 is 10.1 Å². The molecule has 11 heteroatoms. The normalized spacial score (nSPS) is 11.6. The van der Waals surface area contributed by atoms with Crippen LogP contribution in [0.25, 0.3) is 34.2 Å². The smallest absolute Gasteiger partial charge is 0.434 e. The minimum absolute atomic E-state index is 0.100. The Labute approximate surface area is 238 Å². The number of esters is 1. The number of aryl methyl sites for hydroxylation is 1. The molecule has 0 unspecified atom stereocenters. The van der Waals surface area contributed by atoms with Crippen molar-refractivity contribution in [2.45, 2.75) is 20.0 Å². The number of anilines is 1. The molecule has 42 heavy (non-hydrogen) atoms. The van der Waals surface area contributed by atoms with Crippen molar-refractivity contribution in [1.82, 2.24) is 19.6 Å². The fourth-order valence-electron chi connectivity index (χ4n) is 4.25. The van der Waals surface area contributed by atoms with Crippen LogP contribution >= 0.6 is 0 Å². The topological polar surface area (TPSA) is 98.5 Å². The van der Waals surface area contributed by atoms with Crippen LogP contribution in [0.1, 0.15) is 34.1 Å². The van der Waals surface area contributed by atoms with E-state index < -0.39 is 17.8 Å². The number of ether oxygens (including phenoxy) is 1. The van der Waals surface area contributed by atoms with Crippen LogP contribution in [0.15, 0.2) is 85.2 Å². The molecule has 3 aromatic heterocycles. The average molecular weight is 572 g/mol.